The Balaban J connectivity index is 1.34. The molecule has 1 unspecified atom stereocenters. The van der Waals surface area contributed by atoms with Crippen LogP contribution in [-0.2, 0) is 4.79 Å². The number of hydrogen-bond acceptors (Lipinski definition) is 6. The summed E-state index contributed by atoms with van der Waals surface area (Å²) >= 11 is 0. The van der Waals surface area contributed by atoms with Crippen molar-refractivity contribution in [2.45, 2.75) is 18.8 Å². The minimum atomic E-state index is -0.239. The van der Waals surface area contributed by atoms with Crippen LogP contribution < -0.4 is 15.4 Å². The highest BCUT2D eigenvalue weighted by atomic mass is 16.5. The van der Waals surface area contributed by atoms with Gasteiger partial charge in [0.1, 0.15) is 5.75 Å². The van der Waals surface area contributed by atoms with Gasteiger partial charge in [-0.25, -0.2) is 4.52 Å². The summed E-state index contributed by atoms with van der Waals surface area (Å²) in [5, 5.41) is 10.8. The number of hydrogen-bond donors (Lipinski definition) is 2. The molecular weight excluding hydrogens is 404 g/mol. The van der Waals surface area contributed by atoms with Crippen molar-refractivity contribution in [2.75, 3.05) is 25.0 Å². The van der Waals surface area contributed by atoms with Gasteiger partial charge in [0.05, 0.1) is 17.4 Å². The molecule has 8 nitrogen and oxygen atoms in total. The third kappa shape index (κ3) is 4.45. The number of carbonyl (C=O) groups excluding carboxylic acids is 1. The number of fused-ring (bicyclic) bond motifs is 1. The quantitative estimate of drug-likeness (QED) is 0.490. The van der Waals surface area contributed by atoms with Crippen LogP contribution in [0.2, 0.25) is 0 Å². The van der Waals surface area contributed by atoms with Gasteiger partial charge >= 0.3 is 0 Å². The van der Waals surface area contributed by atoms with E-state index in [9.17, 15) is 4.79 Å². The molecule has 1 saturated heterocycles. The minimum absolute atomic E-state index is 0.0830. The number of aromatic nitrogens is 4. The first-order chi connectivity index (χ1) is 15.8. The largest absolute Gasteiger partial charge is 0.484 e. The summed E-state index contributed by atoms with van der Waals surface area (Å²) in [4.78, 5) is 21.2. The zero-order valence-corrected chi connectivity index (χ0v) is 17.6. The second-order valence-corrected chi connectivity index (χ2v) is 7.81. The maximum absolute atomic E-state index is 12.3. The Hall–Kier alpha value is -3.78. The van der Waals surface area contributed by atoms with Gasteiger partial charge in [0.15, 0.2) is 6.61 Å². The van der Waals surface area contributed by atoms with E-state index in [2.05, 4.69) is 32.8 Å². The Morgan fingerprint density at radius 3 is 2.97 bits per heavy atom. The van der Waals surface area contributed by atoms with Gasteiger partial charge in [0.2, 0.25) is 0 Å². The number of carbonyl (C=O) groups is 1. The lowest BCUT2D eigenvalue weighted by atomic mass is 9.95. The van der Waals surface area contributed by atoms with Gasteiger partial charge in [-0.05, 0) is 55.8 Å². The maximum Gasteiger partial charge on any atom is 0.262 e. The number of nitrogens with one attached hydrogen (secondary N) is 2. The van der Waals surface area contributed by atoms with Gasteiger partial charge in [0.25, 0.3) is 5.91 Å². The normalized spacial score (nSPS) is 16.1. The number of ether oxygens (including phenoxy) is 1. The Labute approximate surface area is 185 Å². The topological polar surface area (TPSA) is 93.4 Å². The van der Waals surface area contributed by atoms with Crippen LogP contribution in [-0.4, -0.2) is 45.2 Å². The van der Waals surface area contributed by atoms with E-state index >= 15 is 0 Å². The van der Waals surface area contributed by atoms with Gasteiger partial charge in [-0.3, -0.25) is 14.8 Å². The van der Waals surface area contributed by atoms with Crippen molar-refractivity contribution in [3.05, 3.63) is 72.9 Å². The van der Waals surface area contributed by atoms with Crippen LogP contribution >= 0.6 is 0 Å². The molecule has 2 N–H and O–H groups in total. The van der Waals surface area contributed by atoms with Crippen LogP contribution in [0.25, 0.3) is 16.8 Å². The van der Waals surface area contributed by atoms with E-state index in [1.807, 2.05) is 30.6 Å². The lowest BCUT2D eigenvalue weighted by molar-refractivity contribution is -0.118. The van der Waals surface area contributed by atoms with Crippen molar-refractivity contribution in [2.24, 2.45) is 0 Å². The predicted molar refractivity (Wildman–Crippen MR) is 122 cm³/mol. The molecule has 1 amide bonds. The molecule has 5 heterocycles. The van der Waals surface area contributed by atoms with Crippen molar-refractivity contribution in [3.8, 4) is 17.0 Å². The Morgan fingerprint density at radius 2 is 2.12 bits per heavy atom. The van der Waals surface area contributed by atoms with Crippen molar-refractivity contribution < 1.29 is 9.53 Å². The van der Waals surface area contributed by atoms with E-state index < -0.39 is 0 Å². The van der Waals surface area contributed by atoms with Gasteiger partial charge in [-0.15, -0.1) is 0 Å². The van der Waals surface area contributed by atoms with Gasteiger partial charge in [-0.1, -0.05) is 6.07 Å². The number of rotatable bonds is 6. The number of pyridine rings is 3. The molecule has 1 aliphatic heterocycles. The third-order valence-corrected chi connectivity index (χ3v) is 5.59. The fraction of sp³-hybridized carbons (Fsp3) is 0.250. The molecule has 0 radical (unpaired) electrons. The van der Waals surface area contributed by atoms with E-state index in [1.54, 1.807) is 29.0 Å². The highest BCUT2D eigenvalue weighted by Crippen LogP contribution is 2.28. The summed E-state index contributed by atoms with van der Waals surface area (Å²) in [5.74, 6) is 0.792. The van der Waals surface area contributed by atoms with Crippen molar-refractivity contribution >= 4 is 17.1 Å². The number of nitrogens with zero attached hydrogens (tertiary/aromatic N) is 4. The highest BCUT2D eigenvalue weighted by Gasteiger charge is 2.18. The standard InChI is InChI=1S/C24H24N6O2/c31-24(16-32-19-6-10-25-11-7-19)28-18-8-12-30-23(13-18)20(15-27-30)22-5-1-4-21(29-22)17-3-2-9-26-14-17/h1,4-8,10-13,15,17,26H,2-3,9,14,16H2,(H,28,31). The molecule has 4 aromatic rings. The molecule has 32 heavy (non-hydrogen) atoms. The molecule has 4 aromatic heterocycles. The summed E-state index contributed by atoms with van der Waals surface area (Å²) in [6.07, 6.45) is 9.20. The Bertz CT molecular complexity index is 1220. The summed E-state index contributed by atoms with van der Waals surface area (Å²) in [6.45, 7) is 1.95. The highest BCUT2D eigenvalue weighted by molar-refractivity contribution is 5.93. The summed E-state index contributed by atoms with van der Waals surface area (Å²) in [6, 6.07) is 13.3. The van der Waals surface area contributed by atoms with Crippen LogP contribution in [0.1, 0.15) is 24.5 Å². The van der Waals surface area contributed by atoms with E-state index in [-0.39, 0.29) is 12.5 Å². The molecule has 0 bridgehead atoms. The first-order valence-electron chi connectivity index (χ1n) is 10.7. The van der Waals surface area contributed by atoms with E-state index in [1.165, 1.54) is 6.42 Å². The van der Waals surface area contributed by atoms with E-state index in [4.69, 9.17) is 9.72 Å². The Morgan fingerprint density at radius 1 is 1.22 bits per heavy atom. The summed E-state index contributed by atoms with van der Waals surface area (Å²) in [5.41, 5.74) is 4.47. The molecule has 162 valence electrons. The molecule has 5 rings (SSSR count). The van der Waals surface area contributed by atoms with Gasteiger partial charge in [0, 0.05) is 48.0 Å². The molecule has 1 atom stereocenters. The molecule has 8 heteroatoms. The lowest BCUT2D eigenvalue weighted by Crippen LogP contribution is -2.28. The molecule has 0 aliphatic carbocycles. The fourth-order valence-electron chi connectivity index (χ4n) is 3.97. The van der Waals surface area contributed by atoms with Crippen LogP contribution in [0, 0.1) is 0 Å². The van der Waals surface area contributed by atoms with Crippen LogP contribution in [0.3, 0.4) is 0 Å². The zero-order chi connectivity index (χ0) is 21.8. The predicted octanol–water partition coefficient (Wildman–Crippen LogP) is 3.28. The smallest absolute Gasteiger partial charge is 0.262 e. The van der Waals surface area contributed by atoms with E-state index in [0.717, 1.165) is 42.0 Å². The summed E-state index contributed by atoms with van der Waals surface area (Å²) in [7, 11) is 0. The summed E-state index contributed by atoms with van der Waals surface area (Å²) < 4.78 is 7.28. The van der Waals surface area contributed by atoms with Crippen LogP contribution in [0.15, 0.2) is 67.3 Å². The molecule has 1 fully saturated rings. The zero-order valence-electron chi connectivity index (χ0n) is 17.6. The van der Waals surface area contributed by atoms with Crippen LogP contribution in [0.4, 0.5) is 5.69 Å². The third-order valence-electron chi connectivity index (χ3n) is 5.59. The van der Waals surface area contributed by atoms with Crippen molar-refractivity contribution in [1.29, 1.82) is 0 Å². The number of piperidine rings is 1. The molecule has 0 spiro atoms. The second kappa shape index (κ2) is 9.15. The van der Waals surface area contributed by atoms with Crippen molar-refractivity contribution in [1.82, 2.24) is 24.9 Å². The molecule has 0 aromatic carbocycles. The number of amides is 1. The maximum atomic E-state index is 12.3. The van der Waals surface area contributed by atoms with Crippen LogP contribution in [0.5, 0.6) is 5.75 Å². The number of anilines is 1. The minimum Gasteiger partial charge on any atom is -0.484 e. The van der Waals surface area contributed by atoms with Gasteiger partial charge in [-0.2, -0.15) is 5.10 Å². The monoisotopic (exact) mass is 428 g/mol. The molecule has 0 saturated carbocycles. The molecular formula is C24H24N6O2. The SMILES string of the molecule is O=C(COc1ccncc1)Nc1ccn2ncc(-c3cccc(C4CCCNC4)n3)c2c1. The average Bonchev–Trinajstić information content (AvgIpc) is 3.27. The lowest BCUT2D eigenvalue weighted by Gasteiger charge is -2.22. The average molecular weight is 428 g/mol. The molecule has 1 aliphatic rings. The fourth-order valence-corrected chi connectivity index (χ4v) is 3.97. The first-order valence-corrected chi connectivity index (χ1v) is 10.7. The first kappa shape index (κ1) is 20.1. The van der Waals surface area contributed by atoms with Gasteiger partial charge < -0.3 is 15.4 Å². The van der Waals surface area contributed by atoms with Crippen molar-refractivity contribution in [3.63, 3.8) is 0 Å². The second-order valence-electron chi connectivity index (χ2n) is 7.81. The van der Waals surface area contributed by atoms with E-state index in [0.29, 0.717) is 17.4 Å². The Kier molecular flexibility index (Phi) is 5.76.